The maximum Gasteiger partial charge on any atom is 0.0639 e. The Morgan fingerprint density at radius 2 is 2.06 bits per heavy atom. The molecule has 0 saturated carbocycles. The smallest absolute Gasteiger partial charge is 0.0639 e. The molecule has 1 heterocycles. The van der Waals surface area contributed by atoms with Gasteiger partial charge in [-0.1, -0.05) is 13.8 Å². The zero-order chi connectivity index (χ0) is 13.4. The largest absolute Gasteiger partial charge is 0.382 e. The molecule has 1 rings (SSSR count). The zero-order valence-corrected chi connectivity index (χ0v) is 12.5. The van der Waals surface area contributed by atoms with Gasteiger partial charge in [0.05, 0.1) is 11.7 Å². The molecule has 0 aliphatic carbocycles. The van der Waals surface area contributed by atoms with Crippen molar-refractivity contribution in [2.24, 2.45) is 0 Å². The molecule has 0 bridgehead atoms. The van der Waals surface area contributed by atoms with Crippen LogP contribution >= 0.6 is 11.6 Å². The highest BCUT2D eigenvalue weighted by molar-refractivity contribution is 6.20. The van der Waals surface area contributed by atoms with Crippen LogP contribution in [-0.4, -0.2) is 28.4 Å². The first-order valence-corrected chi connectivity index (χ1v) is 7.40. The summed E-state index contributed by atoms with van der Waals surface area (Å²) in [5, 5.41) is 4.72. The van der Waals surface area contributed by atoms with Gasteiger partial charge in [-0.25, -0.2) is 0 Å². The van der Waals surface area contributed by atoms with Crippen molar-refractivity contribution in [1.29, 1.82) is 0 Å². The summed E-state index contributed by atoms with van der Waals surface area (Å²) in [5.74, 6) is 0. The number of ether oxygens (including phenoxy) is 1. The third-order valence-electron chi connectivity index (χ3n) is 3.19. The molecule has 1 atom stereocenters. The van der Waals surface area contributed by atoms with E-state index >= 15 is 0 Å². The molecule has 1 aromatic heterocycles. The minimum Gasteiger partial charge on any atom is -0.382 e. The van der Waals surface area contributed by atoms with Crippen molar-refractivity contribution in [3.05, 3.63) is 18.0 Å². The molecule has 4 heteroatoms. The summed E-state index contributed by atoms with van der Waals surface area (Å²) in [7, 11) is 0. The monoisotopic (exact) mass is 272 g/mol. The van der Waals surface area contributed by atoms with Gasteiger partial charge >= 0.3 is 0 Å². The van der Waals surface area contributed by atoms with Crippen LogP contribution in [0.1, 0.15) is 51.8 Å². The Hall–Kier alpha value is -0.540. The first kappa shape index (κ1) is 15.5. The minimum atomic E-state index is 0.113. The molecule has 0 saturated heterocycles. The Morgan fingerprint density at radius 3 is 2.67 bits per heavy atom. The lowest BCUT2D eigenvalue weighted by atomic mass is 10.2. The van der Waals surface area contributed by atoms with Crippen LogP contribution in [0.5, 0.6) is 0 Å². The van der Waals surface area contributed by atoms with Gasteiger partial charge in [0.2, 0.25) is 0 Å². The van der Waals surface area contributed by atoms with E-state index in [1.807, 2.05) is 6.92 Å². The van der Waals surface area contributed by atoms with E-state index < -0.39 is 0 Å². The highest BCUT2D eigenvalue weighted by atomic mass is 35.5. The molecule has 0 spiro atoms. The van der Waals surface area contributed by atoms with E-state index in [2.05, 4.69) is 35.9 Å². The fourth-order valence-corrected chi connectivity index (χ4v) is 2.28. The van der Waals surface area contributed by atoms with E-state index in [0.717, 1.165) is 44.6 Å². The van der Waals surface area contributed by atoms with Crippen molar-refractivity contribution in [3.63, 3.8) is 0 Å². The van der Waals surface area contributed by atoms with Gasteiger partial charge in [0.25, 0.3) is 0 Å². The van der Waals surface area contributed by atoms with Crippen molar-refractivity contribution in [2.75, 3.05) is 13.2 Å². The first-order valence-electron chi connectivity index (χ1n) is 6.97. The van der Waals surface area contributed by atoms with Crippen molar-refractivity contribution in [2.45, 2.75) is 57.9 Å². The fourth-order valence-electron chi connectivity index (χ4n) is 2.04. The first-order chi connectivity index (χ1) is 8.71. The van der Waals surface area contributed by atoms with Gasteiger partial charge in [0.15, 0.2) is 0 Å². The third kappa shape index (κ3) is 4.99. The maximum absolute atomic E-state index is 6.28. The molecule has 0 aromatic carbocycles. The molecule has 18 heavy (non-hydrogen) atoms. The van der Waals surface area contributed by atoms with Crippen LogP contribution in [-0.2, 0) is 11.2 Å². The van der Waals surface area contributed by atoms with Gasteiger partial charge in [-0.05, 0) is 32.3 Å². The van der Waals surface area contributed by atoms with E-state index in [0.29, 0.717) is 6.04 Å². The van der Waals surface area contributed by atoms with E-state index in [9.17, 15) is 0 Å². The van der Waals surface area contributed by atoms with Crippen molar-refractivity contribution in [3.8, 4) is 0 Å². The highest BCUT2D eigenvalue weighted by Crippen LogP contribution is 2.16. The molecule has 3 nitrogen and oxygen atoms in total. The lowest BCUT2D eigenvalue weighted by Gasteiger charge is -2.12. The van der Waals surface area contributed by atoms with Crippen LogP contribution in [0.2, 0.25) is 0 Å². The Kier molecular flexibility index (Phi) is 7.36. The molecule has 0 radical (unpaired) electrons. The predicted octanol–water partition coefficient (Wildman–Crippen LogP) is 3.82. The second-order valence-electron chi connectivity index (χ2n) is 4.54. The Bertz CT molecular complexity index is 323. The minimum absolute atomic E-state index is 0.113. The number of aromatic nitrogens is 2. The number of nitrogens with zero attached hydrogens (tertiary/aromatic N) is 2. The lowest BCUT2D eigenvalue weighted by Crippen LogP contribution is -2.11. The van der Waals surface area contributed by atoms with E-state index in [1.165, 1.54) is 0 Å². The van der Waals surface area contributed by atoms with Crippen LogP contribution in [0.3, 0.4) is 0 Å². The van der Waals surface area contributed by atoms with Crippen LogP contribution < -0.4 is 0 Å². The molecule has 1 unspecified atom stereocenters. The summed E-state index contributed by atoms with van der Waals surface area (Å²) < 4.78 is 7.38. The Morgan fingerprint density at radius 1 is 1.33 bits per heavy atom. The van der Waals surface area contributed by atoms with Crippen LogP contribution in [0.4, 0.5) is 0 Å². The summed E-state index contributed by atoms with van der Waals surface area (Å²) in [4.78, 5) is 0. The summed E-state index contributed by atoms with van der Waals surface area (Å²) in [6.45, 7) is 7.88. The zero-order valence-electron chi connectivity index (χ0n) is 11.7. The normalized spacial score (nSPS) is 13.2. The standard InChI is InChI=1S/C14H25ClN2O/c1-4-14(5-2)17-9-7-13(16-17)11-12(15)8-10-18-6-3/h7,9,12,14H,4-6,8,10-11H2,1-3H3. The van der Waals surface area contributed by atoms with Crippen molar-refractivity contribution >= 4 is 11.6 Å². The second kappa shape index (κ2) is 8.54. The number of hydrogen-bond donors (Lipinski definition) is 0. The van der Waals surface area contributed by atoms with Gasteiger partial charge in [-0.15, -0.1) is 11.6 Å². The molecule has 104 valence electrons. The lowest BCUT2D eigenvalue weighted by molar-refractivity contribution is 0.144. The van der Waals surface area contributed by atoms with Gasteiger partial charge in [0.1, 0.15) is 0 Å². The SMILES string of the molecule is CCOCCC(Cl)Cc1ccn(C(CC)CC)n1. The maximum atomic E-state index is 6.28. The summed E-state index contributed by atoms with van der Waals surface area (Å²) in [6.07, 6.45) is 6.01. The average Bonchev–Trinajstić information content (AvgIpc) is 2.79. The van der Waals surface area contributed by atoms with Crippen LogP contribution in [0.25, 0.3) is 0 Å². The number of halogens is 1. The molecule has 1 aromatic rings. The Labute approximate surface area is 115 Å². The summed E-state index contributed by atoms with van der Waals surface area (Å²) in [6, 6.07) is 2.59. The third-order valence-corrected chi connectivity index (χ3v) is 3.56. The van der Waals surface area contributed by atoms with Gasteiger partial charge < -0.3 is 4.74 Å². The second-order valence-corrected chi connectivity index (χ2v) is 5.16. The quantitative estimate of drug-likeness (QED) is 0.505. The van der Waals surface area contributed by atoms with Gasteiger partial charge in [-0.3, -0.25) is 4.68 Å². The predicted molar refractivity (Wildman–Crippen MR) is 76.3 cm³/mol. The number of alkyl halides is 1. The fraction of sp³-hybridized carbons (Fsp3) is 0.786. The topological polar surface area (TPSA) is 27.1 Å². The van der Waals surface area contributed by atoms with E-state index in [1.54, 1.807) is 0 Å². The molecular weight excluding hydrogens is 248 g/mol. The van der Waals surface area contributed by atoms with E-state index in [-0.39, 0.29) is 5.38 Å². The van der Waals surface area contributed by atoms with Crippen LogP contribution in [0.15, 0.2) is 12.3 Å². The molecular formula is C14H25ClN2O. The van der Waals surface area contributed by atoms with Crippen LogP contribution in [0, 0.1) is 0 Å². The molecule has 0 N–H and O–H groups in total. The summed E-state index contributed by atoms with van der Waals surface area (Å²) in [5.41, 5.74) is 1.08. The number of rotatable bonds is 9. The molecule has 0 fully saturated rings. The van der Waals surface area contributed by atoms with Crippen molar-refractivity contribution < 1.29 is 4.74 Å². The Balaban J connectivity index is 2.43. The van der Waals surface area contributed by atoms with Gasteiger partial charge in [-0.2, -0.15) is 5.10 Å². The molecule has 0 amide bonds. The van der Waals surface area contributed by atoms with E-state index in [4.69, 9.17) is 16.3 Å². The van der Waals surface area contributed by atoms with Gasteiger partial charge in [0, 0.05) is 31.2 Å². The molecule has 0 aliphatic rings. The molecule has 0 aliphatic heterocycles. The average molecular weight is 273 g/mol. The van der Waals surface area contributed by atoms with Crippen molar-refractivity contribution in [1.82, 2.24) is 9.78 Å². The summed E-state index contributed by atoms with van der Waals surface area (Å²) >= 11 is 6.28. The number of hydrogen-bond acceptors (Lipinski definition) is 2. The highest BCUT2D eigenvalue weighted by Gasteiger charge is 2.11.